The number of hydrogen-bond acceptors (Lipinski definition) is 4. The molecule has 2 N–H and O–H groups in total. The van der Waals surface area contributed by atoms with Crippen molar-refractivity contribution in [3.05, 3.63) is 40.3 Å². The molecule has 0 aliphatic rings. The molecule has 0 aliphatic heterocycles. The van der Waals surface area contributed by atoms with E-state index in [0.29, 0.717) is 5.69 Å². The summed E-state index contributed by atoms with van der Waals surface area (Å²) in [7, 11) is 1.46. The topological polar surface area (TPSA) is 106 Å². The molecule has 2 aromatic rings. The third-order valence-corrected chi connectivity index (χ3v) is 2.27. The highest BCUT2D eigenvalue weighted by Gasteiger charge is 2.20. The van der Waals surface area contributed by atoms with Crippen molar-refractivity contribution in [2.45, 2.75) is 0 Å². The number of aromatic nitrogens is 3. The molecule has 0 saturated heterocycles. The first-order valence-electron chi connectivity index (χ1n) is 4.70. The van der Waals surface area contributed by atoms with Gasteiger partial charge in [-0.1, -0.05) is 0 Å². The SMILES string of the molecule is Cn1c(C(=O)Nc2cn[nH]c2)ccc1[N+](=O)[O-]. The average Bonchev–Trinajstić information content (AvgIpc) is 2.86. The molecule has 2 rings (SSSR count). The van der Waals surface area contributed by atoms with Gasteiger partial charge in [0, 0.05) is 12.3 Å². The van der Waals surface area contributed by atoms with Gasteiger partial charge in [0.25, 0.3) is 5.91 Å². The molecule has 0 radical (unpaired) electrons. The van der Waals surface area contributed by atoms with Crippen LogP contribution in [0.4, 0.5) is 11.5 Å². The van der Waals surface area contributed by atoms with Gasteiger partial charge in [0.05, 0.1) is 18.9 Å². The fourth-order valence-corrected chi connectivity index (χ4v) is 1.43. The standard InChI is InChI=1S/C9H9N5O3/c1-13-7(2-3-8(13)14(16)17)9(15)12-6-4-10-11-5-6/h2-5H,1H3,(H,10,11)(H,12,15). The Kier molecular flexibility index (Phi) is 2.61. The molecule has 0 atom stereocenters. The lowest BCUT2D eigenvalue weighted by Gasteiger charge is -2.01. The summed E-state index contributed by atoms with van der Waals surface area (Å²) in [6.45, 7) is 0. The van der Waals surface area contributed by atoms with Crippen LogP contribution >= 0.6 is 0 Å². The van der Waals surface area contributed by atoms with Crippen LogP contribution in [0.25, 0.3) is 0 Å². The third-order valence-electron chi connectivity index (χ3n) is 2.27. The molecule has 8 nitrogen and oxygen atoms in total. The summed E-state index contributed by atoms with van der Waals surface area (Å²) in [4.78, 5) is 21.8. The Morgan fingerprint density at radius 2 is 2.35 bits per heavy atom. The van der Waals surface area contributed by atoms with Crippen LogP contribution in [0.15, 0.2) is 24.5 Å². The normalized spacial score (nSPS) is 10.2. The van der Waals surface area contributed by atoms with E-state index in [-0.39, 0.29) is 11.5 Å². The molecule has 0 fully saturated rings. The molecule has 17 heavy (non-hydrogen) atoms. The van der Waals surface area contributed by atoms with E-state index in [0.717, 1.165) is 0 Å². The highest BCUT2D eigenvalue weighted by molar-refractivity contribution is 6.03. The van der Waals surface area contributed by atoms with Crippen LogP contribution in [0.1, 0.15) is 10.5 Å². The molecule has 0 unspecified atom stereocenters. The average molecular weight is 235 g/mol. The lowest BCUT2D eigenvalue weighted by molar-refractivity contribution is -0.391. The van der Waals surface area contributed by atoms with Gasteiger partial charge in [0.15, 0.2) is 5.69 Å². The van der Waals surface area contributed by atoms with Gasteiger partial charge in [-0.3, -0.25) is 9.89 Å². The third kappa shape index (κ3) is 2.00. The molecule has 0 saturated carbocycles. The zero-order chi connectivity index (χ0) is 12.4. The van der Waals surface area contributed by atoms with Crippen molar-refractivity contribution in [3.63, 3.8) is 0 Å². The number of nitro groups is 1. The van der Waals surface area contributed by atoms with Gasteiger partial charge in [-0.25, -0.2) is 4.57 Å². The van der Waals surface area contributed by atoms with E-state index in [1.54, 1.807) is 0 Å². The first-order valence-corrected chi connectivity index (χ1v) is 4.70. The Labute approximate surface area is 95.4 Å². The van der Waals surface area contributed by atoms with Gasteiger partial charge in [0.2, 0.25) is 0 Å². The summed E-state index contributed by atoms with van der Waals surface area (Å²) >= 11 is 0. The molecule has 1 amide bonds. The monoisotopic (exact) mass is 235 g/mol. The summed E-state index contributed by atoms with van der Waals surface area (Å²) in [5, 5.41) is 19.4. The number of rotatable bonds is 3. The van der Waals surface area contributed by atoms with Gasteiger partial charge in [-0.05, 0) is 11.0 Å². The van der Waals surface area contributed by atoms with Crippen molar-refractivity contribution in [1.82, 2.24) is 14.8 Å². The number of aromatic amines is 1. The van der Waals surface area contributed by atoms with E-state index >= 15 is 0 Å². The maximum atomic E-state index is 11.8. The molecular weight excluding hydrogens is 226 g/mol. The largest absolute Gasteiger partial charge is 0.358 e. The van der Waals surface area contributed by atoms with Crippen LogP contribution in [0.5, 0.6) is 0 Å². The smallest absolute Gasteiger partial charge is 0.323 e. The molecule has 0 bridgehead atoms. The molecule has 2 aromatic heterocycles. The Hall–Kier alpha value is -2.64. The second-order valence-corrected chi connectivity index (χ2v) is 3.33. The first kappa shape index (κ1) is 10.9. The maximum absolute atomic E-state index is 11.8. The van der Waals surface area contributed by atoms with Crippen LogP contribution in [-0.2, 0) is 7.05 Å². The Balaban J connectivity index is 2.23. The molecule has 0 spiro atoms. The Morgan fingerprint density at radius 3 is 2.88 bits per heavy atom. The fourth-order valence-electron chi connectivity index (χ4n) is 1.43. The van der Waals surface area contributed by atoms with Crippen molar-refractivity contribution in [2.24, 2.45) is 7.05 Å². The van der Waals surface area contributed by atoms with Crippen molar-refractivity contribution in [2.75, 3.05) is 5.32 Å². The molecule has 2 heterocycles. The van der Waals surface area contributed by atoms with E-state index in [4.69, 9.17) is 0 Å². The van der Waals surface area contributed by atoms with Crippen molar-refractivity contribution < 1.29 is 9.72 Å². The van der Waals surface area contributed by atoms with Gasteiger partial charge >= 0.3 is 5.82 Å². The number of nitrogens with zero attached hydrogens (tertiary/aromatic N) is 3. The van der Waals surface area contributed by atoms with Crippen LogP contribution in [0.2, 0.25) is 0 Å². The lowest BCUT2D eigenvalue weighted by Crippen LogP contribution is -2.15. The van der Waals surface area contributed by atoms with Crippen LogP contribution in [0, 0.1) is 10.1 Å². The predicted molar refractivity (Wildman–Crippen MR) is 58.6 cm³/mol. The van der Waals surface area contributed by atoms with E-state index in [9.17, 15) is 14.9 Å². The Bertz CT molecular complexity index is 557. The quantitative estimate of drug-likeness (QED) is 0.609. The number of amides is 1. The van der Waals surface area contributed by atoms with E-state index in [1.807, 2.05) is 0 Å². The number of H-pyrrole nitrogens is 1. The molecule has 8 heteroatoms. The predicted octanol–water partition coefficient (Wildman–Crippen LogP) is 0.909. The van der Waals surface area contributed by atoms with Crippen LogP contribution < -0.4 is 5.32 Å². The molecular formula is C9H9N5O3. The highest BCUT2D eigenvalue weighted by Crippen LogP contribution is 2.16. The summed E-state index contributed by atoms with van der Waals surface area (Å²) in [6, 6.07) is 2.68. The number of carbonyl (C=O) groups is 1. The highest BCUT2D eigenvalue weighted by atomic mass is 16.6. The number of anilines is 1. The van der Waals surface area contributed by atoms with Crippen molar-refractivity contribution >= 4 is 17.4 Å². The molecule has 0 aromatic carbocycles. The van der Waals surface area contributed by atoms with Crippen LogP contribution in [0.3, 0.4) is 0 Å². The minimum absolute atomic E-state index is 0.137. The first-order chi connectivity index (χ1) is 8.09. The second kappa shape index (κ2) is 4.08. The van der Waals surface area contributed by atoms with Crippen LogP contribution in [-0.4, -0.2) is 25.6 Å². The number of carbonyl (C=O) groups excluding carboxylic acids is 1. The number of nitrogens with one attached hydrogen (secondary N) is 2. The van der Waals surface area contributed by atoms with Gasteiger partial charge in [-0.15, -0.1) is 0 Å². The van der Waals surface area contributed by atoms with E-state index < -0.39 is 10.8 Å². The second-order valence-electron chi connectivity index (χ2n) is 3.33. The van der Waals surface area contributed by atoms with Gasteiger partial charge in [0.1, 0.15) is 0 Å². The van der Waals surface area contributed by atoms with Crippen molar-refractivity contribution in [3.8, 4) is 0 Å². The molecule has 88 valence electrons. The van der Waals surface area contributed by atoms with E-state index in [2.05, 4.69) is 15.5 Å². The maximum Gasteiger partial charge on any atom is 0.323 e. The minimum atomic E-state index is -0.547. The molecule has 0 aliphatic carbocycles. The summed E-state index contributed by atoms with van der Waals surface area (Å²) in [5.41, 5.74) is 0.705. The summed E-state index contributed by atoms with van der Waals surface area (Å²) in [6.07, 6.45) is 2.95. The minimum Gasteiger partial charge on any atom is -0.358 e. The zero-order valence-electron chi connectivity index (χ0n) is 8.88. The van der Waals surface area contributed by atoms with Crippen molar-refractivity contribution in [1.29, 1.82) is 0 Å². The zero-order valence-corrected chi connectivity index (χ0v) is 8.88. The lowest BCUT2D eigenvalue weighted by atomic mass is 10.4. The van der Waals surface area contributed by atoms with Gasteiger partial charge < -0.3 is 15.4 Å². The van der Waals surface area contributed by atoms with E-state index in [1.165, 1.54) is 36.1 Å². The Morgan fingerprint density at radius 1 is 1.59 bits per heavy atom. The summed E-state index contributed by atoms with van der Waals surface area (Å²) < 4.78 is 1.22. The fraction of sp³-hybridized carbons (Fsp3) is 0.111. The van der Waals surface area contributed by atoms with Gasteiger partial charge in [-0.2, -0.15) is 5.10 Å². The summed E-state index contributed by atoms with van der Waals surface area (Å²) in [5.74, 6) is -0.565. The number of hydrogen-bond donors (Lipinski definition) is 2.